The number of benzene rings is 2. The topological polar surface area (TPSA) is 117 Å². The number of carboxylic acid groups (broad SMARTS) is 1. The maximum Gasteiger partial charge on any atom is 0.323 e. The summed E-state index contributed by atoms with van der Waals surface area (Å²) in [6.45, 7) is -0.476. The van der Waals surface area contributed by atoms with Crippen LogP contribution in [0.4, 0.5) is 0 Å². The highest BCUT2D eigenvalue weighted by atomic mass is 79.9. The minimum atomic E-state index is -1.27. The molecule has 8 nitrogen and oxygen atoms in total. The number of amides is 2. The fourth-order valence-electron chi connectivity index (χ4n) is 4.34. The van der Waals surface area contributed by atoms with E-state index in [-0.39, 0.29) is 11.5 Å². The standard InChI is InChI=1S/C23H16BrClN2O6S2/c24-11-3-6-14(33-9-10-1-4-12(25)5-2-10)13(7-11)16-17-19(34-20-18(16)35-23(32)26-20)22(31)27(21(17)30)8-15(28)29/h1-7,16-17,19H,8-9H2,(H,26,32)(H,28,29)/t16-,17?,19?/m0/s1. The Morgan fingerprint density at radius 1 is 1.14 bits per heavy atom. The van der Waals surface area contributed by atoms with E-state index in [2.05, 4.69) is 20.9 Å². The number of hydrogen-bond acceptors (Lipinski definition) is 7. The number of likely N-dealkylation sites (tertiary alicyclic amines) is 1. The van der Waals surface area contributed by atoms with Gasteiger partial charge in [0.2, 0.25) is 11.8 Å². The minimum absolute atomic E-state index is 0.232. The zero-order valence-corrected chi connectivity index (χ0v) is 21.7. The first-order chi connectivity index (χ1) is 16.7. The van der Waals surface area contributed by atoms with E-state index in [4.69, 9.17) is 16.3 Å². The van der Waals surface area contributed by atoms with Crippen LogP contribution in [0.5, 0.6) is 5.75 Å². The van der Waals surface area contributed by atoms with Gasteiger partial charge in [-0.2, -0.15) is 0 Å². The van der Waals surface area contributed by atoms with E-state index in [0.29, 0.717) is 26.2 Å². The summed E-state index contributed by atoms with van der Waals surface area (Å²) in [5.74, 6) is -3.48. The molecule has 2 N–H and O–H groups in total. The van der Waals surface area contributed by atoms with E-state index in [1.165, 1.54) is 0 Å². The molecule has 180 valence electrons. The molecule has 5 rings (SSSR count). The Hall–Kier alpha value is -2.60. The molecule has 0 aliphatic carbocycles. The normalized spacial score (nSPS) is 21.1. The molecule has 35 heavy (non-hydrogen) atoms. The number of ether oxygens (including phenoxy) is 1. The monoisotopic (exact) mass is 594 g/mol. The Morgan fingerprint density at radius 2 is 1.89 bits per heavy atom. The lowest BCUT2D eigenvalue weighted by molar-refractivity contribution is -0.149. The highest BCUT2D eigenvalue weighted by Gasteiger charge is 2.56. The van der Waals surface area contributed by atoms with Gasteiger partial charge in [-0.05, 0) is 35.9 Å². The molecule has 1 saturated heterocycles. The Balaban J connectivity index is 1.58. The van der Waals surface area contributed by atoms with Crippen molar-refractivity contribution in [1.82, 2.24) is 9.88 Å². The molecule has 2 amide bonds. The summed E-state index contributed by atoms with van der Waals surface area (Å²) in [7, 11) is 0. The van der Waals surface area contributed by atoms with Gasteiger partial charge in [-0.1, -0.05) is 62.8 Å². The summed E-state index contributed by atoms with van der Waals surface area (Å²) in [6, 6.07) is 12.6. The molecule has 3 heterocycles. The second-order valence-electron chi connectivity index (χ2n) is 8.00. The van der Waals surface area contributed by atoms with Crippen molar-refractivity contribution in [2.45, 2.75) is 22.8 Å². The van der Waals surface area contributed by atoms with Crippen LogP contribution >= 0.6 is 50.6 Å². The third-order valence-corrected chi connectivity index (χ3v) is 8.97. The lowest BCUT2D eigenvalue weighted by Crippen LogP contribution is -2.36. The molecule has 2 aromatic carbocycles. The molecule has 1 fully saturated rings. The smallest absolute Gasteiger partial charge is 0.323 e. The Morgan fingerprint density at radius 3 is 2.60 bits per heavy atom. The van der Waals surface area contributed by atoms with Crippen molar-refractivity contribution in [2.75, 3.05) is 6.54 Å². The number of hydrogen-bond donors (Lipinski definition) is 2. The number of carboxylic acids is 1. The van der Waals surface area contributed by atoms with Gasteiger partial charge in [0.1, 0.15) is 24.2 Å². The van der Waals surface area contributed by atoms with Crippen molar-refractivity contribution in [2.24, 2.45) is 5.92 Å². The SMILES string of the molecule is O=C(O)CN1C(=O)C2Sc3[nH]c(=O)sc3[C@@H](c3cc(Br)ccc3OCc3ccc(Cl)cc3)C2C1=O. The molecule has 0 radical (unpaired) electrons. The van der Waals surface area contributed by atoms with E-state index < -0.39 is 41.4 Å². The van der Waals surface area contributed by atoms with Crippen LogP contribution in [0.2, 0.25) is 5.02 Å². The van der Waals surface area contributed by atoms with Gasteiger partial charge < -0.3 is 14.8 Å². The second kappa shape index (κ2) is 9.45. The van der Waals surface area contributed by atoms with Gasteiger partial charge in [-0.25, -0.2) is 0 Å². The molecule has 2 aliphatic heterocycles. The van der Waals surface area contributed by atoms with Crippen molar-refractivity contribution < 1.29 is 24.2 Å². The maximum absolute atomic E-state index is 13.4. The summed E-state index contributed by atoms with van der Waals surface area (Å²) in [6.07, 6.45) is 0. The summed E-state index contributed by atoms with van der Waals surface area (Å²) < 4.78 is 6.86. The van der Waals surface area contributed by atoms with Crippen molar-refractivity contribution in [3.63, 3.8) is 0 Å². The van der Waals surface area contributed by atoms with Crippen LogP contribution in [0.3, 0.4) is 0 Å². The van der Waals surface area contributed by atoms with Crippen LogP contribution in [-0.4, -0.2) is 44.6 Å². The van der Waals surface area contributed by atoms with Gasteiger partial charge in [0, 0.05) is 25.9 Å². The number of fused-ring (bicyclic) bond motifs is 2. The number of thioether (sulfide) groups is 1. The molecular formula is C23H16BrClN2O6S2. The first-order valence-corrected chi connectivity index (χ1v) is 13.2. The molecule has 2 aliphatic rings. The first kappa shape index (κ1) is 24.1. The van der Waals surface area contributed by atoms with E-state index >= 15 is 0 Å². The van der Waals surface area contributed by atoms with Crippen molar-refractivity contribution in [3.8, 4) is 5.75 Å². The van der Waals surface area contributed by atoms with Crippen LogP contribution in [0.25, 0.3) is 0 Å². The fraction of sp³-hybridized carbons (Fsp3) is 0.217. The number of aliphatic carboxylic acids is 1. The van der Waals surface area contributed by atoms with Gasteiger partial charge in [-0.3, -0.25) is 24.1 Å². The van der Waals surface area contributed by atoms with Gasteiger partial charge >= 0.3 is 10.8 Å². The average Bonchev–Trinajstić information content (AvgIpc) is 3.29. The highest BCUT2D eigenvalue weighted by Crippen LogP contribution is 2.54. The van der Waals surface area contributed by atoms with Crippen LogP contribution in [0.1, 0.15) is 21.9 Å². The predicted octanol–water partition coefficient (Wildman–Crippen LogP) is 4.11. The van der Waals surface area contributed by atoms with Crippen LogP contribution in [-0.2, 0) is 21.0 Å². The lowest BCUT2D eigenvalue weighted by atomic mass is 9.82. The average molecular weight is 596 g/mol. The molecule has 1 aromatic heterocycles. The number of H-pyrrole nitrogens is 1. The number of halogens is 2. The molecule has 3 atom stereocenters. The number of nitrogens with one attached hydrogen (secondary N) is 1. The van der Waals surface area contributed by atoms with Crippen LogP contribution < -0.4 is 9.61 Å². The molecule has 0 spiro atoms. The van der Waals surface area contributed by atoms with E-state index in [1.54, 1.807) is 30.3 Å². The minimum Gasteiger partial charge on any atom is -0.489 e. The van der Waals surface area contributed by atoms with Gasteiger partial charge in [-0.15, -0.1) is 0 Å². The van der Waals surface area contributed by atoms with Crippen LogP contribution in [0, 0.1) is 5.92 Å². The molecule has 0 saturated carbocycles. The Labute approximate surface area is 220 Å². The van der Waals surface area contributed by atoms with Gasteiger partial charge in [0.05, 0.1) is 10.9 Å². The highest BCUT2D eigenvalue weighted by molar-refractivity contribution is 9.10. The quantitative estimate of drug-likeness (QED) is 0.412. The predicted molar refractivity (Wildman–Crippen MR) is 134 cm³/mol. The largest absolute Gasteiger partial charge is 0.489 e. The van der Waals surface area contributed by atoms with Crippen LogP contribution in [0.15, 0.2) is 56.8 Å². The molecule has 0 bridgehead atoms. The number of aromatic nitrogens is 1. The second-order valence-corrected chi connectivity index (χ2v) is 11.5. The number of aromatic amines is 1. The third kappa shape index (κ3) is 4.53. The molecule has 3 aromatic rings. The third-order valence-electron chi connectivity index (χ3n) is 5.82. The zero-order valence-electron chi connectivity index (χ0n) is 17.7. The van der Waals surface area contributed by atoms with Gasteiger partial charge in [0.25, 0.3) is 0 Å². The summed E-state index contributed by atoms with van der Waals surface area (Å²) in [5.41, 5.74) is 1.51. The van der Waals surface area contributed by atoms with Crippen molar-refractivity contribution >= 4 is 68.4 Å². The Bertz CT molecular complexity index is 1410. The Kier molecular flexibility index (Phi) is 6.51. The van der Waals surface area contributed by atoms with E-state index in [9.17, 15) is 24.3 Å². The summed E-state index contributed by atoms with van der Waals surface area (Å²) >= 11 is 11.5. The molecular weight excluding hydrogens is 580 g/mol. The number of nitrogens with zero attached hydrogens (tertiary/aromatic N) is 1. The van der Waals surface area contributed by atoms with Crippen molar-refractivity contribution in [1.29, 1.82) is 0 Å². The molecule has 12 heteroatoms. The van der Waals surface area contributed by atoms with Crippen molar-refractivity contribution in [3.05, 3.63) is 77.6 Å². The van der Waals surface area contributed by atoms with E-state index in [0.717, 1.165) is 38.0 Å². The van der Waals surface area contributed by atoms with E-state index in [1.807, 2.05) is 12.1 Å². The zero-order chi connectivity index (χ0) is 24.9. The number of carbonyl (C=O) groups is 3. The molecule has 2 unspecified atom stereocenters. The fourth-order valence-corrected chi connectivity index (χ4v) is 7.37. The maximum atomic E-state index is 13.4. The van der Waals surface area contributed by atoms with Gasteiger partial charge in [0.15, 0.2) is 0 Å². The number of rotatable bonds is 6. The summed E-state index contributed by atoms with van der Waals surface area (Å²) in [4.78, 5) is 53.9. The number of imide groups is 1. The lowest BCUT2D eigenvalue weighted by Gasteiger charge is -2.31. The number of carbonyl (C=O) groups excluding carboxylic acids is 2. The summed E-state index contributed by atoms with van der Waals surface area (Å²) in [5, 5.41) is 9.50. The number of thiazole rings is 1. The first-order valence-electron chi connectivity index (χ1n) is 10.4.